The van der Waals surface area contributed by atoms with Crippen molar-refractivity contribution < 1.29 is 14.4 Å². The standard InChI is InChI=1S/C24H19Cl2N3O3S/c1-14-11-16(15(2)29(14)20-9-5-18(26)6-10-20)12-21-23(31)28(24(32)33-21)13-22(30)27-19-7-3-17(25)4-8-19/h3-12H,13H2,1-2H3,(H,27,30)/b21-12+. The number of hydrogen-bond acceptors (Lipinski definition) is 4. The molecule has 2 heterocycles. The minimum atomic E-state index is -0.493. The Morgan fingerprint density at radius 2 is 1.61 bits per heavy atom. The lowest BCUT2D eigenvalue weighted by Crippen LogP contribution is -2.36. The van der Waals surface area contributed by atoms with Crippen LogP contribution in [0.15, 0.2) is 59.5 Å². The van der Waals surface area contributed by atoms with E-state index in [0.29, 0.717) is 15.7 Å². The third-order valence-corrected chi connectivity index (χ3v) is 6.56. The van der Waals surface area contributed by atoms with Gasteiger partial charge in [0, 0.05) is 32.8 Å². The highest BCUT2D eigenvalue weighted by Crippen LogP contribution is 2.34. The van der Waals surface area contributed by atoms with Crippen LogP contribution in [0, 0.1) is 13.8 Å². The zero-order valence-corrected chi connectivity index (χ0v) is 20.1. The topological polar surface area (TPSA) is 71.4 Å². The maximum Gasteiger partial charge on any atom is 0.294 e. The van der Waals surface area contributed by atoms with E-state index in [9.17, 15) is 14.4 Å². The number of anilines is 1. The number of carbonyl (C=O) groups is 3. The molecule has 0 aliphatic carbocycles. The molecule has 1 N–H and O–H groups in total. The molecule has 1 saturated heterocycles. The fraction of sp³-hybridized carbons (Fsp3) is 0.125. The number of aromatic nitrogens is 1. The van der Waals surface area contributed by atoms with Gasteiger partial charge in [-0.2, -0.15) is 0 Å². The number of aryl methyl sites for hydroxylation is 1. The van der Waals surface area contributed by atoms with Crippen LogP contribution in [0.3, 0.4) is 0 Å². The second kappa shape index (κ2) is 9.47. The quantitative estimate of drug-likeness (QED) is 0.432. The summed E-state index contributed by atoms with van der Waals surface area (Å²) in [5.41, 5.74) is 4.19. The number of thioether (sulfide) groups is 1. The molecule has 1 fully saturated rings. The first-order valence-corrected chi connectivity index (χ1v) is 11.6. The summed E-state index contributed by atoms with van der Waals surface area (Å²) in [4.78, 5) is 38.9. The zero-order valence-electron chi connectivity index (χ0n) is 17.8. The molecule has 1 aliphatic rings. The molecule has 168 valence electrons. The summed E-state index contributed by atoms with van der Waals surface area (Å²) in [6.45, 7) is 3.54. The predicted octanol–water partition coefficient (Wildman–Crippen LogP) is 6.08. The van der Waals surface area contributed by atoms with Crippen molar-refractivity contribution in [3.05, 3.63) is 86.5 Å². The van der Waals surface area contributed by atoms with Crippen LogP contribution in [0.5, 0.6) is 0 Å². The number of amides is 3. The van der Waals surface area contributed by atoms with E-state index >= 15 is 0 Å². The Morgan fingerprint density at radius 1 is 1.00 bits per heavy atom. The van der Waals surface area contributed by atoms with Gasteiger partial charge in [-0.25, -0.2) is 0 Å². The Kier molecular flexibility index (Phi) is 6.65. The van der Waals surface area contributed by atoms with Crippen LogP contribution in [0.4, 0.5) is 10.5 Å². The van der Waals surface area contributed by atoms with Crippen LogP contribution in [0.25, 0.3) is 11.8 Å². The lowest BCUT2D eigenvalue weighted by molar-refractivity contribution is -0.127. The summed E-state index contributed by atoms with van der Waals surface area (Å²) in [7, 11) is 0. The molecule has 2 aromatic carbocycles. The number of hydrogen-bond donors (Lipinski definition) is 1. The van der Waals surface area contributed by atoms with Crippen molar-refractivity contribution in [2.75, 3.05) is 11.9 Å². The largest absolute Gasteiger partial charge is 0.325 e. The molecule has 0 unspecified atom stereocenters. The average Bonchev–Trinajstić information content (AvgIpc) is 3.20. The van der Waals surface area contributed by atoms with E-state index in [1.807, 2.05) is 48.7 Å². The molecule has 0 radical (unpaired) electrons. The number of benzene rings is 2. The van der Waals surface area contributed by atoms with E-state index in [-0.39, 0.29) is 11.4 Å². The van der Waals surface area contributed by atoms with Gasteiger partial charge in [-0.05, 0) is 91.8 Å². The third kappa shape index (κ3) is 5.00. The van der Waals surface area contributed by atoms with Crippen molar-refractivity contribution in [3.63, 3.8) is 0 Å². The lowest BCUT2D eigenvalue weighted by atomic mass is 10.2. The summed E-state index contributed by atoms with van der Waals surface area (Å²) in [5.74, 6) is -0.964. The second-order valence-electron chi connectivity index (χ2n) is 7.46. The van der Waals surface area contributed by atoms with Gasteiger partial charge in [-0.3, -0.25) is 19.3 Å². The maximum atomic E-state index is 12.9. The molecule has 3 amide bonds. The van der Waals surface area contributed by atoms with Crippen LogP contribution >= 0.6 is 35.0 Å². The highest BCUT2D eigenvalue weighted by Gasteiger charge is 2.36. The van der Waals surface area contributed by atoms with Gasteiger partial charge in [0.15, 0.2) is 0 Å². The molecule has 1 aliphatic heterocycles. The summed E-state index contributed by atoms with van der Waals surface area (Å²) in [6.07, 6.45) is 1.69. The van der Waals surface area contributed by atoms with Crippen LogP contribution in [0.1, 0.15) is 17.0 Å². The van der Waals surface area contributed by atoms with Gasteiger partial charge < -0.3 is 9.88 Å². The van der Waals surface area contributed by atoms with E-state index in [1.165, 1.54) is 0 Å². The summed E-state index contributed by atoms with van der Waals surface area (Å²) in [6, 6.07) is 16.0. The van der Waals surface area contributed by atoms with Gasteiger partial charge >= 0.3 is 0 Å². The predicted molar refractivity (Wildman–Crippen MR) is 133 cm³/mol. The van der Waals surface area contributed by atoms with Crippen molar-refractivity contribution in [1.29, 1.82) is 0 Å². The van der Waals surface area contributed by atoms with E-state index in [4.69, 9.17) is 23.2 Å². The van der Waals surface area contributed by atoms with E-state index in [0.717, 1.165) is 39.3 Å². The first-order chi connectivity index (χ1) is 15.7. The van der Waals surface area contributed by atoms with Gasteiger partial charge in [-0.15, -0.1) is 0 Å². The normalized spacial score (nSPS) is 14.9. The monoisotopic (exact) mass is 499 g/mol. The van der Waals surface area contributed by atoms with Crippen molar-refractivity contribution in [3.8, 4) is 5.69 Å². The molecule has 33 heavy (non-hydrogen) atoms. The number of nitrogens with zero attached hydrogens (tertiary/aromatic N) is 2. The van der Waals surface area contributed by atoms with Crippen molar-refractivity contribution in [2.24, 2.45) is 0 Å². The van der Waals surface area contributed by atoms with Crippen molar-refractivity contribution in [1.82, 2.24) is 9.47 Å². The second-order valence-corrected chi connectivity index (χ2v) is 9.33. The molecule has 9 heteroatoms. The minimum absolute atomic E-state index is 0.274. The first-order valence-electron chi connectivity index (χ1n) is 9.98. The molecule has 6 nitrogen and oxygen atoms in total. The first kappa shape index (κ1) is 23.2. The fourth-order valence-corrected chi connectivity index (χ4v) is 4.66. The van der Waals surface area contributed by atoms with Crippen LogP contribution < -0.4 is 5.32 Å². The Hall–Kier alpha value is -3.00. The number of imide groups is 1. The van der Waals surface area contributed by atoms with E-state index in [1.54, 1.807) is 30.3 Å². The molecule has 0 spiro atoms. The van der Waals surface area contributed by atoms with E-state index < -0.39 is 17.1 Å². The maximum absolute atomic E-state index is 12.9. The van der Waals surface area contributed by atoms with Crippen LogP contribution in [-0.2, 0) is 9.59 Å². The fourth-order valence-electron chi connectivity index (χ4n) is 3.58. The molecule has 1 aromatic heterocycles. The van der Waals surface area contributed by atoms with Crippen molar-refractivity contribution in [2.45, 2.75) is 13.8 Å². The van der Waals surface area contributed by atoms with Crippen LogP contribution in [-0.4, -0.2) is 33.1 Å². The van der Waals surface area contributed by atoms with Gasteiger partial charge in [0.1, 0.15) is 6.54 Å². The number of halogens is 2. The molecular formula is C24H19Cl2N3O3S. The van der Waals surface area contributed by atoms with Gasteiger partial charge in [-0.1, -0.05) is 23.2 Å². The van der Waals surface area contributed by atoms with Crippen molar-refractivity contribution >= 4 is 63.8 Å². The summed E-state index contributed by atoms with van der Waals surface area (Å²) >= 11 is 12.7. The SMILES string of the molecule is Cc1cc(/C=C2/SC(=O)N(CC(=O)Nc3ccc(Cl)cc3)C2=O)c(C)n1-c1ccc(Cl)cc1. The average molecular weight is 500 g/mol. The number of rotatable bonds is 5. The van der Waals surface area contributed by atoms with E-state index in [2.05, 4.69) is 5.32 Å². The number of nitrogens with one attached hydrogen (secondary N) is 1. The Bertz CT molecular complexity index is 1280. The molecule has 3 aromatic rings. The Balaban J connectivity index is 1.52. The van der Waals surface area contributed by atoms with Crippen LogP contribution in [0.2, 0.25) is 10.0 Å². The molecule has 4 rings (SSSR count). The number of carbonyl (C=O) groups excluding carboxylic acids is 3. The summed E-state index contributed by atoms with van der Waals surface area (Å²) < 4.78 is 2.05. The molecule has 0 bridgehead atoms. The van der Waals surface area contributed by atoms with Gasteiger partial charge in [0.2, 0.25) is 5.91 Å². The minimum Gasteiger partial charge on any atom is -0.325 e. The Labute approximate surface area is 205 Å². The third-order valence-electron chi connectivity index (χ3n) is 5.14. The highest BCUT2D eigenvalue weighted by molar-refractivity contribution is 8.18. The van der Waals surface area contributed by atoms with Gasteiger partial charge in [0.25, 0.3) is 11.1 Å². The lowest BCUT2D eigenvalue weighted by Gasteiger charge is -2.12. The summed E-state index contributed by atoms with van der Waals surface area (Å²) in [5, 5.41) is 3.37. The Morgan fingerprint density at radius 3 is 2.24 bits per heavy atom. The zero-order chi connectivity index (χ0) is 23.7. The molecular weight excluding hydrogens is 481 g/mol. The molecule has 0 saturated carbocycles. The highest BCUT2D eigenvalue weighted by atomic mass is 35.5. The van der Waals surface area contributed by atoms with Gasteiger partial charge in [0.05, 0.1) is 4.91 Å². The molecule has 0 atom stereocenters. The smallest absolute Gasteiger partial charge is 0.294 e.